The molecule has 1 saturated heterocycles. The lowest BCUT2D eigenvalue weighted by molar-refractivity contribution is -0.137. The van der Waals surface area contributed by atoms with Crippen molar-refractivity contribution in [3.8, 4) is 0 Å². The number of unbranched alkanes of at least 4 members (excludes halogenated alkanes) is 1. The molecule has 0 unspecified atom stereocenters. The van der Waals surface area contributed by atoms with Crippen LogP contribution in [0.5, 0.6) is 0 Å². The van der Waals surface area contributed by atoms with Crippen molar-refractivity contribution in [2.24, 2.45) is 17.8 Å². The summed E-state index contributed by atoms with van der Waals surface area (Å²) in [5.41, 5.74) is 0.966. The minimum Gasteiger partial charge on any atom is -0.481 e. The number of hydrogen-bond acceptors (Lipinski definition) is 3. The van der Waals surface area contributed by atoms with Gasteiger partial charge in [0, 0.05) is 17.8 Å². The van der Waals surface area contributed by atoms with Gasteiger partial charge in [-0.2, -0.15) is 0 Å². The molecule has 0 aromatic heterocycles. The molecule has 4 rings (SSSR count). The molecule has 2 N–H and O–H groups in total. The number of halogens is 1. The number of ether oxygens (including phenoxy) is 1. The third-order valence-electron chi connectivity index (χ3n) is 8.12. The topological polar surface area (TPSA) is 66.8 Å². The van der Waals surface area contributed by atoms with Gasteiger partial charge in [-0.05, 0) is 68.1 Å². The molecule has 5 heteroatoms. The standard InChI is InChI=1S/C28H37FO4/c29-22-14-12-21(13-15-22)28-18-26(33-19-28)23(16-17-25(30)20-8-4-3-5-9-20)24(28)10-6-1-2-7-11-27(31)32/h1,6,12-17,20,23-26,30H,2-5,7-11,18-19H2,(H,31,32)/t23-,24-,25+,26-,28-/m0/s1. The van der Waals surface area contributed by atoms with Crippen LogP contribution in [0.1, 0.15) is 69.8 Å². The number of hydrogen-bond donors (Lipinski definition) is 2. The largest absolute Gasteiger partial charge is 0.481 e. The maximum Gasteiger partial charge on any atom is 0.303 e. The van der Waals surface area contributed by atoms with Gasteiger partial charge in [-0.3, -0.25) is 4.79 Å². The first-order valence-corrected chi connectivity index (χ1v) is 12.6. The van der Waals surface area contributed by atoms with E-state index >= 15 is 0 Å². The Bertz CT molecular complexity index is 842. The van der Waals surface area contributed by atoms with Crippen LogP contribution < -0.4 is 0 Å². The van der Waals surface area contributed by atoms with Crippen molar-refractivity contribution in [2.45, 2.75) is 81.8 Å². The number of allylic oxidation sites excluding steroid dienone is 2. The van der Waals surface area contributed by atoms with Gasteiger partial charge in [0.1, 0.15) is 5.82 Å². The van der Waals surface area contributed by atoms with Crippen molar-refractivity contribution in [3.05, 3.63) is 60.0 Å². The Morgan fingerprint density at radius 2 is 1.94 bits per heavy atom. The Balaban J connectivity index is 1.50. The zero-order chi connectivity index (χ0) is 23.3. The highest BCUT2D eigenvalue weighted by Gasteiger charge is 2.58. The monoisotopic (exact) mass is 456 g/mol. The second-order valence-corrected chi connectivity index (χ2v) is 10.2. The van der Waals surface area contributed by atoms with E-state index in [9.17, 15) is 14.3 Å². The number of aliphatic hydroxyl groups is 1. The molecule has 3 fully saturated rings. The molecule has 0 spiro atoms. The van der Waals surface area contributed by atoms with Crippen molar-refractivity contribution in [1.82, 2.24) is 0 Å². The summed E-state index contributed by atoms with van der Waals surface area (Å²) in [4.78, 5) is 10.7. The molecule has 2 saturated carbocycles. The van der Waals surface area contributed by atoms with E-state index in [1.54, 1.807) is 0 Å². The van der Waals surface area contributed by atoms with E-state index in [1.807, 2.05) is 18.2 Å². The van der Waals surface area contributed by atoms with E-state index in [4.69, 9.17) is 9.84 Å². The second kappa shape index (κ2) is 11.0. The number of rotatable bonds is 10. The van der Waals surface area contributed by atoms with Crippen LogP contribution in [-0.2, 0) is 14.9 Å². The van der Waals surface area contributed by atoms with E-state index in [2.05, 4.69) is 18.2 Å². The van der Waals surface area contributed by atoms with Gasteiger partial charge in [0.25, 0.3) is 0 Å². The molecule has 2 bridgehead atoms. The highest BCUT2D eigenvalue weighted by atomic mass is 19.1. The highest BCUT2D eigenvalue weighted by Crippen LogP contribution is 2.57. The Labute approximate surface area is 196 Å². The predicted octanol–water partition coefficient (Wildman–Crippen LogP) is 5.80. The van der Waals surface area contributed by atoms with E-state index < -0.39 is 12.1 Å². The fraction of sp³-hybridized carbons (Fsp3) is 0.607. The van der Waals surface area contributed by atoms with Gasteiger partial charge in [0.2, 0.25) is 0 Å². The molecule has 1 aliphatic heterocycles. The molecular formula is C28H37FO4. The van der Waals surface area contributed by atoms with E-state index in [1.165, 1.54) is 31.4 Å². The number of carboxylic acids is 1. The van der Waals surface area contributed by atoms with Crippen molar-refractivity contribution >= 4 is 5.97 Å². The predicted molar refractivity (Wildman–Crippen MR) is 126 cm³/mol. The van der Waals surface area contributed by atoms with Crippen molar-refractivity contribution < 1.29 is 24.1 Å². The van der Waals surface area contributed by atoms with Crippen LogP contribution in [0.2, 0.25) is 0 Å². The Morgan fingerprint density at radius 1 is 1.18 bits per heavy atom. The maximum absolute atomic E-state index is 13.6. The normalized spacial score (nSPS) is 31.0. The quantitative estimate of drug-likeness (QED) is 0.345. The second-order valence-electron chi connectivity index (χ2n) is 10.2. The molecule has 0 radical (unpaired) electrons. The lowest BCUT2D eigenvalue weighted by atomic mass is 9.69. The number of aliphatic hydroxyl groups excluding tert-OH is 1. The summed E-state index contributed by atoms with van der Waals surface area (Å²) in [6.45, 7) is 0.635. The number of benzene rings is 1. The first-order chi connectivity index (χ1) is 16.0. The van der Waals surface area contributed by atoms with Crippen molar-refractivity contribution in [1.29, 1.82) is 0 Å². The summed E-state index contributed by atoms with van der Waals surface area (Å²) >= 11 is 0. The molecule has 4 nitrogen and oxygen atoms in total. The smallest absolute Gasteiger partial charge is 0.303 e. The Kier molecular flexibility index (Phi) is 8.02. The molecule has 1 aromatic carbocycles. The van der Waals surface area contributed by atoms with Crippen LogP contribution in [-0.4, -0.2) is 35.0 Å². The Morgan fingerprint density at radius 3 is 2.67 bits per heavy atom. The first kappa shape index (κ1) is 24.2. The number of fused-ring (bicyclic) bond motifs is 2. The third-order valence-corrected chi connectivity index (χ3v) is 8.12. The fourth-order valence-corrected chi connectivity index (χ4v) is 6.31. The van der Waals surface area contributed by atoms with Crippen LogP contribution in [0.25, 0.3) is 0 Å². The van der Waals surface area contributed by atoms with E-state index in [0.717, 1.165) is 37.7 Å². The maximum atomic E-state index is 13.6. The summed E-state index contributed by atoms with van der Waals surface area (Å²) in [6.07, 6.45) is 17.4. The van der Waals surface area contributed by atoms with Gasteiger partial charge >= 0.3 is 5.97 Å². The molecule has 3 aliphatic rings. The SMILES string of the molecule is O=C(O)CCCC=CC[C@H]1[C@H](C=C[C@@H](O)C2CCCCC2)[C@@H]2C[C@@]1(c1ccc(F)cc1)CO2. The van der Waals surface area contributed by atoms with Crippen LogP contribution in [0, 0.1) is 23.6 Å². The van der Waals surface area contributed by atoms with Crippen LogP contribution in [0.15, 0.2) is 48.6 Å². The van der Waals surface area contributed by atoms with Gasteiger partial charge in [0.05, 0.1) is 18.8 Å². The summed E-state index contributed by atoms with van der Waals surface area (Å²) in [7, 11) is 0. The molecule has 0 amide bonds. The zero-order valence-electron chi connectivity index (χ0n) is 19.4. The van der Waals surface area contributed by atoms with Crippen molar-refractivity contribution in [2.75, 3.05) is 6.61 Å². The summed E-state index contributed by atoms with van der Waals surface area (Å²) in [5.74, 6) is -0.137. The van der Waals surface area contributed by atoms with Crippen LogP contribution in [0.4, 0.5) is 4.39 Å². The average Bonchev–Trinajstić information content (AvgIpc) is 3.38. The Hall–Kier alpha value is -1.98. The lowest BCUT2D eigenvalue weighted by Gasteiger charge is -2.38. The minimum atomic E-state index is -0.759. The minimum absolute atomic E-state index is 0.107. The van der Waals surface area contributed by atoms with Gasteiger partial charge in [0.15, 0.2) is 0 Å². The molecular weight excluding hydrogens is 419 g/mol. The van der Waals surface area contributed by atoms with Crippen LogP contribution in [0.3, 0.4) is 0 Å². The summed E-state index contributed by atoms with van der Waals surface area (Å²) in [5, 5.41) is 19.6. The van der Waals surface area contributed by atoms with E-state index in [0.29, 0.717) is 24.9 Å². The van der Waals surface area contributed by atoms with Crippen molar-refractivity contribution in [3.63, 3.8) is 0 Å². The zero-order valence-corrected chi connectivity index (χ0v) is 19.4. The van der Waals surface area contributed by atoms with Gasteiger partial charge < -0.3 is 14.9 Å². The summed E-state index contributed by atoms with van der Waals surface area (Å²) < 4.78 is 19.8. The molecule has 1 heterocycles. The third kappa shape index (κ3) is 5.58. The lowest BCUT2D eigenvalue weighted by Crippen LogP contribution is -2.39. The number of aliphatic carboxylic acids is 1. The molecule has 5 atom stereocenters. The number of carboxylic acid groups (broad SMARTS) is 1. The van der Waals surface area contributed by atoms with E-state index in [-0.39, 0.29) is 29.7 Å². The molecule has 1 aromatic rings. The van der Waals surface area contributed by atoms with Gasteiger partial charge in [-0.1, -0.05) is 55.7 Å². The summed E-state index contributed by atoms with van der Waals surface area (Å²) in [6, 6.07) is 6.86. The molecule has 180 valence electrons. The van der Waals surface area contributed by atoms with Gasteiger partial charge in [-0.25, -0.2) is 4.39 Å². The molecule has 33 heavy (non-hydrogen) atoms. The first-order valence-electron chi connectivity index (χ1n) is 12.6. The average molecular weight is 457 g/mol. The van der Waals surface area contributed by atoms with Crippen LogP contribution >= 0.6 is 0 Å². The molecule has 2 aliphatic carbocycles. The number of carbonyl (C=O) groups is 1. The highest BCUT2D eigenvalue weighted by molar-refractivity contribution is 5.66. The fourth-order valence-electron chi connectivity index (χ4n) is 6.31. The van der Waals surface area contributed by atoms with Gasteiger partial charge in [-0.15, -0.1) is 0 Å².